The molecule has 228 valence electrons. The van der Waals surface area contributed by atoms with Crippen molar-refractivity contribution in [2.24, 2.45) is 5.92 Å². The van der Waals surface area contributed by atoms with Crippen molar-refractivity contribution in [1.82, 2.24) is 0 Å². The monoisotopic (exact) mass is 570 g/mol. The second-order valence-electron chi connectivity index (χ2n) is 11.4. The molecule has 0 bridgehead atoms. The maximum absolute atomic E-state index is 12.3. The lowest BCUT2D eigenvalue weighted by atomic mass is 10.0. The number of esters is 3. The van der Waals surface area contributed by atoms with E-state index in [-0.39, 0.29) is 19.0 Å². The summed E-state index contributed by atoms with van der Waals surface area (Å²) in [6, 6.07) is 0. The van der Waals surface area contributed by atoms with Crippen LogP contribution in [0.3, 0.4) is 0 Å². The quantitative estimate of drug-likeness (QED) is 0.0446. The molecule has 0 aliphatic heterocycles. The van der Waals surface area contributed by atoms with E-state index in [9.17, 15) is 14.4 Å². The lowest BCUT2D eigenvalue weighted by Gasteiger charge is -2.21. The molecule has 7 heteroatoms. The number of thioether (sulfide) groups is 1. The largest absolute Gasteiger partial charge is 0.465 e. The van der Waals surface area contributed by atoms with Crippen LogP contribution in [0.1, 0.15) is 137 Å². The second-order valence-corrected chi connectivity index (χ2v) is 12.6. The zero-order valence-electron chi connectivity index (χ0n) is 25.6. The molecule has 0 N–H and O–H groups in total. The van der Waals surface area contributed by atoms with Crippen molar-refractivity contribution in [3.63, 3.8) is 0 Å². The zero-order valence-corrected chi connectivity index (χ0v) is 26.4. The summed E-state index contributed by atoms with van der Waals surface area (Å²) in [5.41, 5.74) is -0.610. The van der Waals surface area contributed by atoms with Crippen LogP contribution < -0.4 is 0 Å². The van der Waals surface area contributed by atoms with E-state index in [1.54, 1.807) is 20.8 Å². The minimum Gasteiger partial charge on any atom is -0.465 e. The number of hydrogen-bond acceptors (Lipinski definition) is 7. The highest BCUT2D eigenvalue weighted by atomic mass is 32.2. The van der Waals surface area contributed by atoms with E-state index in [1.165, 1.54) is 101 Å². The molecule has 0 unspecified atom stereocenters. The molecule has 0 amide bonds. The molecule has 0 aromatic carbocycles. The lowest BCUT2D eigenvalue weighted by Crippen LogP contribution is -2.29. The fraction of sp³-hybridized carbons (Fsp3) is 0.844. The Balaban J connectivity index is 3.79. The third-order valence-electron chi connectivity index (χ3n) is 6.30. The fourth-order valence-electron chi connectivity index (χ4n) is 4.21. The summed E-state index contributed by atoms with van der Waals surface area (Å²) in [7, 11) is 0. The number of hydrogen-bond donors (Lipinski definition) is 0. The van der Waals surface area contributed by atoms with Crippen LogP contribution in [0.2, 0.25) is 0 Å². The molecule has 0 spiro atoms. The first-order valence-corrected chi connectivity index (χ1v) is 16.6. The summed E-state index contributed by atoms with van der Waals surface area (Å²) in [4.78, 5) is 36.5. The number of carbonyl (C=O) groups is 3. The highest BCUT2D eigenvalue weighted by Gasteiger charge is 2.26. The van der Waals surface area contributed by atoms with Crippen LogP contribution in [-0.2, 0) is 28.6 Å². The summed E-state index contributed by atoms with van der Waals surface area (Å²) in [5.74, 6) is -0.700. The summed E-state index contributed by atoms with van der Waals surface area (Å²) in [6.07, 6.45) is 21.4. The van der Waals surface area contributed by atoms with Crippen molar-refractivity contribution in [2.45, 2.75) is 142 Å². The van der Waals surface area contributed by atoms with Gasteiger partial charge in [-0.2, -0.15) is 11.8 Å². The van der Waals surface area contributed by atoms with Gasteiger partial charge in [0.15, 0.2) is 0 Å². The average molecular weight is 571 g/mol. The number of ether oxygens (including phenoxy) is 3. The molecule has 1 atom stereocenters. The normalized spacial score (nSPS) is 12.1. The molecule has 0 aromatic heterocycles. The first-order valence-electron chi connectivity index (χ1n) is 15.4. The predicted octanol–water partition coefficient (Wildman–Crippen LogP) is 8.60. The van der Waals surface area contributed by atoms with Crippen LogP contribution in [0.15, 0.2) is 12.7 Å². The standard InChI is InChI=1S/C32H58O6S/c1-6-8-9-10-11-12-13-14-15-16-17-18-19-20-21-22-29(33)36-24-25-39-27-28(31(35)37-23-7-2)26-30(34)38-32(3,4)5/h7,28H,2,6,8-27H2,1,3-5H3/t28-/m0/s1. The third-order valence-corrected chi connectivity index (χ3v) is 7.40. The van der Waals surface area contributed by atoms with Gasteiger partial charge >= 0.3 is 17.9 Å². The molecule has 0 radical (unpaired) electrons. The number of carbonyl (C=O) groups excluding carboxylic acids is 3. The Morgan fingerprint density at radius 1 is 0.769 bits per heavy atom. The van der Waals surface area contributed by atoms with Gasteiger partial charge in [0.2, 0.25) is 0 Å². The van der Waals surface area contributed by atoms with Crippen LogP contribution in [-0.4, -0.2) is 48.2 Å². The summed E-state index contributed by atoms with van der Waals surface area (Å²) >= 11 is 1.46. The molecule has 6 nitrogen and oxygen atoms in total. The van der Waals surface area contributed by atoms with Gasteiger partial charge in [-0.05, 0) is 27.2 Å². The van der Waals surface area contributed by atoms with Crippen LogP contribution in [0.25, 0.3) is 0 Å². The Morgan fingerprint density at radius 2 is 1.28 bits per heavy atom. The smallest absolute Gasteiger partial charge is 0.310 e. The van der Waals surface area contributed by atoms with Crippen molar-refractivity contribution in [2.75, 3.05) is 24.7 Å². The van der Waals surface area contributed by atoms with Crippen molar-refractivity contribution >= 4 is 29.7 Å². The Bertz CT molecular complexity index is 643. The molecule has 0 saturated heterocycles. The Kier molecular flexibility index (Phi) is 24.5. The van der Waals surface area contributed by atoms with Gasteiger partial charge in [-0.25, -0.2) is 0 Å². The SMILES string of the molecule is C=CCOC(=O)[C@H](CSCCOC(=O)CCCCCCCCCCCCCCCCC)CC(=O)OC(C)(C)C. The third kappa shape index (κ3) is 26.5. The Labute approximate surface area is 243 Å². The van der Waals surface area contributed by atoms with Gasteiger partial charge in [-0.3, -0.25) is 14.4 Å². The van der Waals surface area contributed by atoms with Gasteiger partial charge in [0, 0.05) is 17.9 Å². The van der Waals surface area contributed by atoms with Gasteiger partial charge in [0.25, 0.3) is 0 Å². The predicted molar refractivity (Wildman–Crippen MR) is 163 cm³/mol. The molecule has 0 saturated carbocycles. The first kappa shape index (κ1) is 37.5. The maximum Gasteiger partial charge on any atom is 0.310 e. The minimum absolute atomic E-state index is 0.0424. The molecule has 0 aliphatic rings. The average Bonchev–Trinajstić information content (AvgIpc) is 2.87. The van der Waals surface area contributed by atoms with Crippen molar-refractivity contribution < 1.29 is 28.6 Å². The Hall–Kier alpha value is -1.50. The van der Waals surface area contributed by atoms with E-state index in [0.29, 0.717) is 24.5 Å². The molecule has 0 heterocycles. The first-order chi connectivity index (χ1) is 18.7. The summed E-state index contributed by atoms with van der Waals surface area (Å²) in [6.45, 7) is 11.6. The molecule has 0 aliphatic carbocycles. The van der Waals surface area contributed by atoms with Crippen LogP contribution in [0, 0.1) is 5.92 Å². The van der Waals surface area contributed by atoms with Crippen LogP contribution >= 0.6 is 11.8 Å². The molecule has 0 aromatic rings. The molecular formula is C32H58O6S. The number of unbranched alkanes of at least 4 members (excludes halogenated alkanes) is 14. The van der Waals surface area contributed by atoms with E-state index in [2.05, 4.69) is 13.5 Å². The Morgan fingerprint density at radius 3 is 1.77 bits per heavy atom. The lowest BCUT2D eigenvalue weighted by molar-refractivity contribution is -0.160. The van der Waals surface area contributed by atoms with Gasteiger partial charge < -0.3 is 14.2 Å². The number of rotatable bonds is 26. The zero-order chi connectivity index (χ0) is 29.2. The van der Waals surface area contributed by atoms with E-state index in [0.717, 1.165) is 12.8 Å². The van der Waals surface area contributed by atoms with Crippen LogP contribution in [0.4, 0.5) is 0 Å². The maximum atomic E-state index is 12.3. The van der Waals surface area contributed by atoms with Gasteiger partial charge in [-0.1, -0.05) is 109 Å². The van der Waals surface area contributed by atoms with Gasteiger partial charge in [0.05, 0.1) is 12.3 Å². The van der Waals surface area contributed by atoms with E-state index < -0.39 is 23.5 Å². The molecule has 0 rings (SSSR count). The van der Waals surface area contributed by atoms with Crippen molar-refractivity contribution in [3.8, 4) is 0 Å². The highest BCUT2D eigenvalue weighted by Crippen LogP contribution is 2.18. The summed E-state index contributed by atoms with van der Waals surface area (Å²) < 4.78 is 15.8. The highest BCUT2D eigenvalue weighted by molar-refractivity contribution is 7.99. The topological polar surface area (TPSA) is 78.9 Å². The van der Waals surface area contributed by atoms with E-state index in [1.807, 2.05) is 0 Å². The molecule has 39 heavy (non-hydrogen) atoms. The van der Waals surface area contributed by atoms with Crippen LogP contribution in [0.5, 0.6) is 0 Å². The second kappa shape index (κ2) is 25.5. The minimum atomic E-state index is -0.610. The molecular weight excluding hydrogens is 512 g/mol. The molecule has 0 fully saturated rings. The van der Waals surface area contributed by atoms with Crippen molar-refractivity contribution in [1.29, 1.82) is 0 Å². The van der Waals surface area contributed by atoms with E-state index >= 15 is 0 Å². The van der Waals surface area contributed by atoms with E-state index in [4.69, 9.17) is 14.2 Å². The van der Waals surface area contributed by atoms with Crippen molar-refractivity contribution in [3.05, 3.63) is 12.7 Å². The van der Waals surface area contributed by atoms with Gasteiger partial charge in [-0.15, -0.1) is 0 Å². The van der Waals surface area contributed by atoms with Gasteiger partial charge in [0.1, 0.15) is 18.8 Å². The fourth-order valence-corrected chi connectivity index (χ4v) is 5.11. The summed E-state index contributed by atoms with van der Waals surface area (Å²) in [5, 5.41) is 0.